The van der Waals surface area contributed by atoms with Crippen LogP contribution in [0.2, 0.25) is 0 Å². The van der Waals surface area contributed by atoms with Crippen molar-refractivity contribution in [2.75, 3.05) is 33.3 Å². The first-order valence-corrected chi connectivity index (χ1v) is 8.70. The molecule has 0 atom stereocenters. The molecule has 0 amide bonds. The van der Waals surface area contributed by atoms with E-state index in [1.807, 2.05) is 17.5 Å². The number of likely N-dealkylation sites (tertiary alicyclic amines) is 1. The minimum atomic E-state index is 0.123. The van der Waals surface area contributed by atoms with Gasteiger partial charge in [0.1, 0.15) is 0 Å². The summed E-state index contributed by atoms with van der Waals surface area (Å²) in [6, 6.07) is 0.591. The Bertz CT molecular complexity index is 433. The van der Waals surface area contributed by atoms with Crippen LogP contribution in [-0.4, -0.2) is 59.2 Å². The molecular formula is C16H29N3OS. The Morgan fingerprint density at radius 3 is 2.57 bits per heavy atom. The first-order valence-electron chi connectivity index (χ1n) is 7.89. The topological polar surface area (TPSA) is 39.6 Å². The molecule has 0 unspecified atom stereocenters. The summed E-state index contributed by atoms with van der Waals surface area (Å²) in [6.45, 7) is 10.8. The van der Waals surface area contributed by atoms with Gasteiger partial charge in [-0.2, -0.15) is 0 Å². The smallest absolute Gasteiger partial charge is 0.0981 e. The zero-order valence-electron chi connectivity index (χ0n) is 13.8. The maximum Gasteiger partial charge on any atom is 0.0981 e. The zero-order valence-corrected chi connectivity index (χ0v) is 14.6. The predicted molar refractivity (Wildman–Crippen MR) is 88.8 cm³/mol. The normalized spacial score (nSPS) is 18.6. The molecule has 1 aromatic rings. The van der Waals surface area contributed by atoms with Crippen LogP contribution >= 0.6 is 11.3 Å². The van der Waals surface area contributed by atoms with Gasteiger partial charge in [-0.25, -0.2) is 4.98 Å². The Kier molecular flexibility index (Phi) is 5.77. The Balaban J connectivity index is 2.00. The van der Waals surface area contributed by atoms with Crippen molar-refractivity contribution in [3.05, 3.63) is 16.1 Å². The molecule has 1 N–H and O–H groups in total. The van der Waals surface area contributed by atoms with Crippen LogP contribution in [0.3, 0.4) is 0 Å². The summed E-state index contributed by atoms with van der Waals surface area (Å²) >= 11 is 1.81. The van der Waals surface area contributed by atoms with Crippen molar-refractivity contribution in [1.82, 2.24) is 14.8 Å². The number of aliphatic hydroxyl groups is 1. The van der Waals surface area contributed by atoms with Gasteiger partial charge >= 0.3 is 0 Å². The van der Waals surface area contributed by atoms with E-state index in [2.05, 4.69) is 42.6 Å². The van der Waals surface area contributed by atoms with E-state index < -0.39 is 0 Å². The van der Waals surface area contributed by atoms with Gasteiger partial charge < -0.3 is 10.0 Å². The number of aromatic nitrogens is 1. The summed E-state index contributed by atoms with van der Waals surface area (Å²) in [5, 5.41) is 10.6. The van der Waals surface area contributed by atoms with E-state index >= 15 is 0 Å². The van der Waals surface area contributed by atoms with Crippen LogP contribution in [0, 0.1) is 0 Å². The van der Waals surface area contributed by atoms with Crippen molar-refractivity contribution in [2.45, 2.75) is 51.6 Å². The monoisotopic (exact) mass is 311 g/mol. The largest absolute Gasteiger partial charge is 0.395 e. The molecule has 1 aromatic heterocycles. The fourth-order valence-corrected chi connectivity index (χ4v) is 3.80. The Labute approximate surface area is 132 Å². The fraction of sp³-hybridized carbons (Fsp3) is 0.812. The highest BCUT2D eigenvalue weighted by Crippen LogP contribution is 2.28. The molecule has 2 heterocycles. The molecule has 4 nitrogen and oxygen atoms in total. The second-order valence-electron chi connectivity index (χ2n) is 7.11. The number of hydrogen-bond acceptors (Lipinski definition) is 5. The molecule has 1 fully saturated rings. The van der Waals surface area contributed by atoms with E-state index in [1.165, 1.54) is 22.7 Å². The Hall–Kier alpha value is -0.490. The SMILES string of the molecule is CN1CCC(N(CCO)Cc2cnc(C(C)(C)C)s2)CC1. The van der Waals surface area contributed by atoms with E-state index in [0.717, 1.165) is 26.2 Å². The highest BCUT2D eigenvalue weighted by Gasteiger charge is 2.24. The summed E-state index contributed by atoms with van der Waals surface area (Å²) in [5.74, 6) is 0. The van der Waals surface area contributed by atoms with Gasteiger partial charge in [0.05, 0.1) is 11.6 Å². The number of aliphatic hydroxyl groups excluding tert-OH is 1. The summed E-state index contributed by atoms with van der Waals surface area (Å²) in [5.41, 5.74) is 0.123. The summed E-state index contributed by atoms with van der Waals surface area (Å²) in [6.07, 6.45) is 4.41. The summed E-state index contributed by atoms with van der Waals surface area (Å²) in [4.78, 5) is 10.7. The van der Waals surface area contributed by atoms with Gasteiger partial charge in [0, 0.05) is 35.6 Å². The fourth-order valence-electron chi connectivity index (χ4n) is 2.81. The minimum Gasteiger partial charge on any atom is -0.395 e. The summed E-state index contributed by atoms with van der Waals surface area (Å²) in [7, 11) is 2.19. The lowest BCUT2D eigenvalue weighted by Crippen LogP contribution is -2.44. The standard InChI is InChI=1S/C16H29N3OS/c1-16(2,3)15-17-11-14(21-15)12-19(9-10-20)13-5-7-18(4)8-6-13/h11,13,20H,5-10,12H2,1-4H3. The molecule has 1 aliphatic rings. The number of nitrogens with zero attached hydrogens (tertiary/aromatic N) is 3. The van der Waals surface area contributed by atoms with Crippen LogP contribution in [0.15, 0.2) is 6.20 Å². The van der Waals surface area contributed by atoms with E-state index in [9.17, 15) is 5.11 Å². The zero-order chi connectivity index (χ0) is 15.5. The number of thiazole rings is 1. The lowest BCUT2D eigenvalue weighted by atomic mass is 9.98. The van der Waals surface area contributed by atoms with Gasteiger partial charge in [-0.15, -0.1) is 11.3 Å². The molecule has 0 aliphatic carbocycles. The van der Waals surface area contributed by atoms with Gasteiger partial charge in [-0.1, -0.05) is 20.8 Å². The van der Waals surface area contributed by atoms with E-state index in [0.29, 0.717) is 6.04 Å². The molecular weight excluding hydrogens is 282 g/mol. The molecule has 1 saturated heterocycles. The van der Waals surface area contributed by atoms with Crippen LogP contribution < -0.4 is 0 Å². The molecule has 5 heteroatoms. The van der Waals surface area contributed by atoms with Gasteiger partial charge in [0.15, 0.2) is 0 Å². The Morgan fingerprint density at radius 1 is 1.38 bits per heavy atom. The van der Waals surface area contributed by atoms with Crippen molar-refractivity contribution in [2.24, 2.45) is 0 Å². The minimum absolute atomic E-state index is 0.123. The molecule has 120 valence electrons. The van der Waals surface area contributed by atoms with Crippen LogP contribution in [0.1, 0.15) is 43.5 Å². The van der Waals surface area contributed by atoms with Gasteiger partial charge in [0.2, 0.25) is 0 Å². The van der Waals surface area contributed by atoms with E-state index in [1.54, 1.807) is 0 Å². The van der Waals surface area contributed by atoms with Crippen LogP contribution in [0.25, 0.3) is 0 Å². The van der Waals surface area contributed by atoms with E-state index in [-0.39, 0.29) is 12.0 Å². The molecule has 2 rings (SSSR count). The van der Waals surface area contributed by atoms with Crippen molar-refractivity contribution < 1.29 is 5.11 Å². The van der Waals surface area contributed by atoms with Crippen molar-refractivity contribution in [3.63, 3.8) is 0 Å². The average molecular weight is 311 g/mol. The van der Waals surface area contributed by atoms with Crippen molar-refractivity contribution in [1.29, 1.82) is 0 Å². The number of piperidine rings is 1. The maximum atomic E-state index is 9.37. The van der Waals surface area contributed by atoms with Gasteiger partial charge in [-0.05, 0) is 33.0 Å². The second kappa shape index (κ2) is 7.18. The summed E-state index contributed by atoms with van der Waals surface area (Å²) < 4.78 is 0. The predicted octanol–water partition coefficient (Wildman–Crippen LogP) is 2.33. The first-order chi connectivity index (χ1) is 9.90. The molecule has 0 spiro atoms. The molecule has 1 aliphatic heterocycles. The van der Waals surface area contributed by atoms with Gasteiger partial charge in [-0.3, -0.25) is 4.90 Å². The third-order valence-corrected chi connectivity index (χ3v) is 5.55. The first kappa shape index (κ1) is 16.9. The highest BCUT2D eigenvalue weighted by atomic mass is 32.1. The van der Waals surface area contributed by atoms with Crippen LogP contribution in [-0.2, 0) is 12.0 Å². The third kappa shape index (κ3) is 4.74. The van der Waals surface area contributed by atoms with Crippen molar-refractivity contribution >= 4 is 11.3 Å². The maximum absolute atomic E-state index is 9.37. The molecule has 0 aromatic carbocycles. The average Bonchev–Trinajstić information content (AvgIpc) is 2.88. The molecule has 0 bridgehead atoms. The number of hydrogen-bond donors (Lipinski definition) is 1. The van der Waals surface area contributed by atoms with Crippen LogP contribution in [0.4, 0.5) is 0 Å². The van der Waals surface area contributed by atoms with E-state index in [4.69, 9.17) is 0 Å². The lowest BCUT2D eigenvalue weighted by Gasteiger charge is -2.36. The highest BCUT2D eigenvalue weighted by molar-refractivity contribution is 7.11. The second-order valence-corrected chi connectivity index (χ2v) is 8.23. The molecule has 21 heavy (non-hydrogen) atoms. The Morgan fingerprint density at radius 2 is 2.05 bits per heavy atom. The quantitative estimate of drug-likeness (QED) is 0.906. The molecule has 0 radical (unpaired) electrons. The van der Waals surface area contributed by atoms with Gasteiger partial charge in [0.25, 0.3) is 0 Å². The number of rotatable bonds is 5. The third-order valence-electron chi connectivity index (χ3n) is 4.15. The molecule has 0 saturated carbocycles. The van der Waals surface area contributed by atoms with Crippen molar-refractivity contribution in [3.8, 4) is 0 Å². The lowest BCUT2D eigenvalue weighted by molar-refractivity contribution is 0.0949. The van der Waals surface area contributed by atoms with Crippen LogP contribution in [0.5, 0.6) is 0 Å².